The zero-order valence-corrected chi connectivity index (χ0v) is 9.31. The second-order valence-corrected chi connectivity index (χ2v) is 4.36. The predicted molar refractivity (Wildman–Crippen MR) is 55.8 cm³/mol. The lowest BCUT2D eigenvalue weighted by molar-refractivity contribution is -0.136. The molecule has 15 heavy (non-hydrogen) atoms. The lowest BCUT2D eigenvalue weighted by Crippen LogP contribution is -2.42. The average Bonchev–Trinajstić information content (AvgIpc) is 2.65. The summed E-state index contributed by atoms with van der Waals surface area (Å²) in [6.07, 6.45) is 1.77. The van der Waals surface area contributed by atoms with Crippen molar-refractivity contribution in [1.82, 2.24) is 4.90 Å². The van der Waals surface area contributed by atoms with Gasteiger partial charge >= 0.3 is 0 Å². The molecule has 0 aliphatic carbocycles. The molecule has 1 aliphatic heterocycles. The fraction of sp³-hybridized carbons (Fsp3) is 0.818. The zero-order chi connectivity index (χ0) is 11.4. The first kappa shape index (κ1) is 12.0. The summed E-state index contributed by atoms with van der Waals surface area (Å²) in [5.41, 5.74) is 0. The maximum absolute atomic E-state index is 12.0. The third-order valence-electron chi connectivity index (χ3n) is 2.94. The highest BCUT2D eigenvalue weighted by molar-refractivity contribution is 5.82. The molecule has 1 N–H and O–H groups in total. The summed E-state index contributed by atoms with van der Waals surface area (Å²) in [6.45, 7) is 4.42. The molecule has 1 fully saturated rings. The molecule has 2 atom stereocenters. The van der Waals surface area contributed by atoms with Gasteiger partial charge in [-0.2, -0.15) is 5.26 Å². The van der Waals surface area contributed by atoms with Crippen LogP contribution in [0.25, 0.3) is 0 Å². The lowest BCUT2D eigenvalue weighted by atomic mass is 9.96. The van der Waals surface area contributed by atoms with E-state index in [0.29, 0.717) is 6.54 Å². The van der Waals surface area contributed by atoms with Crippen LogP contribution in [0.2, 0.25) is 0 Å². The van der Waals surface area contributed by atoms with Crippen molar-refractivity contribution in [3.05, 3.63) is 0 Å². The third kappa shape index (κ3) is 2.48. The number of carbonyl (C=O) groups is 1. The van der Waals surface area contributed by atoms with Crippen molar-refractivity contribution in [2.75, 3.05) is 13.2 Å². The van der Waals surface area contributed by atoms with Gasteiger partial charge in [-0.15, -0.1) is 0 Å². The Labute approximate surface area is 90.5 Å². The quantitative estimate of drug-likeness (QED) is 0.748. The number of amides is 1. The predicted octanol–water partition coefficient (Wildman–Crippen LogP) is 0.765. The van der Waals surface area contributed by atoms with E-state index in [1.54, 1.807) is 4.90 Å². The molecule has 1 rings (SSSR count). The molecule has 1 amide bonds. The van der Waals surface area contributed by atoms with Crippen LogP contribution in [-0.4, -0.2) is 35.1 Å². The monoisotopic (exact) mass is 210 g/mol. The Morgan fingerprint density at radius 1 is 1.67 bits per heavy atom. The molecule has 1 unspecified atom stereocenters. The first-order valence-electron chi connectivity index (χ1n) is 5.42. The maximum atomic E-state index is 12.0. The van der Waals surface area contributed by atoms with E-state index in [-0.39, 0.29) is 24.5 Å². The van der Waals surface area contributed by atoms with Crippen LogP contribution < -0.4 is 0 Å². The van der Waals surface area contributed by atoms with Crippen LogP contribution in [0.15, 0.2) is 0 Å². The standard InChI is InChI=1S/C11H18N2O2/c1-8(2)10(6-12)11(15)13-5-3-4-9(13)7-14/h8-10,14H,3-5,7H2,1-2H3/t9-,10?/m0/s1. The molecule has 1 heterocycles. The van der Waals surface area contributed by atoms with E-state index in [9.17, 15) is 4.79 Å². The fourth-order valence-electron chi connectivity index (χ4n) is 1.98. The summed E-state index contributed by atoms with van der Waals surface area (Å²) >= 11 is 0. The fourth-order valence-corrected chi connectivity index (χ4v) is 1.98. The van der Waals surface area contributed by atoms with Crippen LogP contribution in [0.1, 0.15) is 26.7 Å². The molecule has 0 aromatic heterocycles. The third-order valence-corrected chi connectivity index (χ3v) is 2.94. The number of rotatable bonds is 3. The van der Waals surface area contributed by atoms with Gasteiger partial charge in [-0.25, -0.2) is 0 Å². The molecule has 0 aromatic rings. The number of nitrogens with zero attached hydrogens (tertiary/aromatic N) is 2. The van der Waals surface area contributed by atoms with Gasteiger partial charge in [-0.3, -0.25) is 4.79 Å². The molecule has 0 bridgehead atoms. The van der Waals surface area contributed by atoms with Crippen molar-refractivity contribution >= 4 is 5.91 Å². The van der Waals surface area contributed by atoms with E-state index >= 15 is 0 Å². The van der Waals surface area contributed by atoms with E-state index in [4.69, 9.17) is 10.4 Å². The van der Waals surface area contributed by atoms with Gasteiger partial charge in [-0.05, 0) is 18.8 Å². The van der Waals surface area contributed by atoms with E-state index in [2.05, 4.69) is 0 Å². The van der Waals surface area contributed by atoms with Crippen LogP contribution in [0.3, 0.4) is 0 Å². The summed E-state index contributed by atoms with van der Waals surface area (Å²) in [7, 11) is 0. The molecule has 1 saturated heterocycles. The highest BCUT2D eigenvalue weighted by Gasteiger charge is 2.33. The topological polar surface area (TPSA) is 64.3 Å². The Bertz CT molecular complexity index is 270. The summed E-state index contributed by atoms with van der Waals surface area (Å²) in [5, 5.41) is 18.0. The maximum Gasteiger partial charge on any atom is 0.240 e. The number of likely N-dealkylation sites (tertiary alicyclic amines) is 1. The Morgan fingerprint density at radius 3 is 2.80 bits per heavy atom. The van der Waals surface area contributed by atoms with Crippen molar-refractivity contribution in [3.8, 4) is 6.07 Å². The minimum Gasteiger partial charge on any atom is -0.394 e. The first-order chi connectivity index (χ1) is 7.11. The Morgan fingerprint density at radius 2 is 2.33 bits per heavy atom. The Balaban J connectivity index is 2.71. The van der Waals surface area contributed by atoms with E-state index in [0.717, 1.165) is 12.8 Å². The molecular weight excluding hydrogens is 192 g/mol. The molecule has 0 radical (unpaired) electrons. The minimum atomic E-state index is -0.572. The average molecular weight is 210 g/mol. The first-order valence-corrected chi connectivity index (χ1v) is 5.42. The molecule has 1 aliphatic rings. The van der Waals surface area contributed by atoms with Crippen LogP contribution in [0, 0.1) is 23.2 Å². The van der Waals surface area contributed by atoms with Gasteiger partial charge in [0, 0.05) is 6.54 Å². The number of hydrogen-bond donors (Lipinski definition) is 1. The van der Waals surface area contributed by atoms with Crippen molar-refractivity contribution < 1.29 is 9.90 Å². The minimum absolute atomic E-state index is 0.00197. The largest absolute Gasteiger partial charge is 0.394 e. The molecule has 0 saturated carbocycles. The lowest BCUT2D eigenvalue weighted by Gasteiger charge is -2.26. The van der Waals surface area contributed by atoms with E-state index < -0.39 is 5.92 Å². The van der Waals surface area contributed by atoms with Gasteiger partial charge in [0.15, 0.2) is 0 Å². The summed E-state index contributed by atoms with van der Waals surface area (Å²) in [4.78, 5) is 13.6. The summed E-state index contributed by atoms with van der Waals surface area (Å²) in [5.74, 6) is -0.663. The van der Waals surface area contributed by atoms with Crippen LogP contribution >= 0.6 is 0 Å². The van der Waals surface area contributed by atoms with Crippen molar-refractivity contribution in [2.24, 2.45) is 11.8 Å². The van der Waals surface area contributed by atoms with Gasteiger partial charge in [0.25, 0.3) is 0 Å². The molecule has 4 nitrogen and oxygen atoms in total. The van der Waals surface area contributed by atoms with Crippen molar-refractivity contribution in [3.63, 3.8) is 0 Å². The van der Waals surface area contributed by atoms with Gasteiger partial charge in [0.2, 0.25) is 5.91 Å². The Kier molecular flexibility index (Phi) is 4.10. The van der Waals surface area contributed by atoms with Crippen LogP contribution in [0.5, 0.6) is 0 Å². The molecule has 4 heteroatoms. The number of aliphatic hydroxyl groups excluding tert-OH is 1. The number of carbonyl (C=O) groups excluding carboxylic acids is 1. The summed E-state index contributed by atoms with van der Waals surface area (Å²) in [6, 6.07) is 1.97. The van der Waals surface area contributed by atoms with Crippen LogP contribution in [0.4, 0.5) is 0 Å². The zero-order valence-electron chi connectivity index (χ0n) is 9.31. The van der Waals surface area contributed by atoms with Crippen LogP contribution in [-0.2, 0) is 4.79 Å². The number of nitriles is 1. The highest BCUT2D eigenvalue weighted by Crippen LogP contribution is 2.22. The van der Waals surface area contributed by atoms with E-state index in [1.807, 2.05) is 19.9 Å². The normalized spacial score (nSPS) is 22.9. The molecular formula is C11H18N2O2. The SMILES string of the molecule is CC(C)C(C#N)C(=O)N1CCC[C@H]1CO. The van der Waals surface area contributed by atoms with Gasteiger partial charge in [0.1, 0.15) is 5.92 Å². The highest BCUT2D eigenvalue weighted by atomic mass is 16.3. The second kappa shape index (κ2) is 5.13. The van der Waals surface area contributed by atoms with Crippen molar-refractivity contribution in [1.29, 1.82) is 5.26 Å². The number of aliphatic hydroxyl groups is 1. The van der Waals surface area contributed by atoms with Gasteiger partial charge in [0.05, 0.1) is 18.7 Å². The van der Waals surface area contributed by atoms with Gasteiger partial charge < -0.3 is 10.0 Å². The smallest absolute Gasteiger partial charge is 0.240 e. The Hall–Kier alpha value is -1.08. The molecule has 0 spiro atoms. The summed E-state index contributed by atoms with van der Waals surface area (Å²) < 4.78 is 0. The van der Waals surface area contributed by atoms with Crippen molar-refractivity contribution in [2.45, 2.75) is 32.7 Å². The molecule has 84 valence electrons. The van der Waals surface area contributed by atoms with Gasteiger partial charge in [-0.1, -0.05) is 13.8 Å². The molecule has 0 aromatic carbocycles. The number of hydrogen-bond acceptors (Lipinski definition) is 3. The van der Waals surface area contributed by atoms with E-state index in [1.165, 1.54) is 0 Å². The second-order valence-electron chi connectivity index (χ2n) is 4.36.